The van der Waals surface area contributed by atoms with Crippen LogP contribution in [-0.4, -0.2) is 64.0 Å². The molecule has 2 aliphatic heterocycles. The molecular formula is C25H26FN3O3S. The van der Waals surface area contributed by atoms with Gasteiger partial charge >= 0.3 is 0 Å². The first-order valence-electron chi connectivity index (χ1n) is 10.9. The highest BCUT2D eigenvalue weighted by molar-refractivity contribution is 8.18. The van der Waals surface area contributed by atoms with Gasteiger partial charge in [0.05, 0.1) is 11.4 Å². The van der Waals surface area contributed by atoms with Gasteiger partial charge in [0.15, 0.2) is 0 Å². The van der Waals surface area contributed by atoms with E-state index >= 15 is 0 Å². The van der Waals surface area contributed by atoms with E-state index in [-0.39, 0.29) is 23.5 Å². The summed E-state index contributed by atoms with van der Waals surface area (Å²) in [5.41, 5.74) is 1.92. The van der Waals surface area contributed by atoms with E-state index in [1.165, 1.54) is 12.1 Å². The summed E-state index contributed by atoms with van der Waals surface area (Å²) in [5, 5.41) is -0.370. The Bertz CT molecular complexity index is 1090. The highest BCUT2D eigenvalue weighted by atomic mass is 32.2. The zero-order valence-corrected chi connectivity index (χ0v) is 19.5. The Kier molecular flexibility index (Phi) is 6.95. The molecule has 0 aromatic heterocycles. The van der Waals surface area contributed by atoms with Crippen molar-refractivity contribution in [2.24, 2.45) is 0 Å². The van der Waals surface area contributed by atoms with Crippen LogP contribution in [0.2, 0.25) is 0 Å². The molecule has 2 heterocycles. The van der Waals surface area contributed by atoms with Crippen LogP contribution in [0.3, 0.4) is 0 Å². The maximum absolute atomic E-state index is 13.1. The number of thioether (sulfide) groups is 1. The normalized spacial score (nSPS) is 18.6. The van der Waals surface area contributed by atoms with E-state index in [1.54, 1.807) is 42.5 Å². The Morgan fingerprint density at radius 1 is 1.06 bits per heavy atom. The number of imide groups is 1. The molecule has 0 spiro atoms. The van der Waals surface area contributed by atoms with Gasteiger partial charge < -0.3 is 4.90 Å². The maximum atomic E-state index is 13.1. The number of piperazine rings is 1. The van der Waals surface area contributed by atoms with E-state index < -0.39 is 5.91 Å². The first kappa shape index (κ1) is 23.2. The number of halogens is 1. The largest absolute Gasteiger partial charge is 0.336 e. The molecule has 2 aromatic rings. The van der Waals surface area contributed by atoms with Crippen LogP contribution in [0.4, 0.5) is 9.18 Å². The Balaban J connectivity index is 1.45. The molecule has 8 heteroatoms. The van der Waals surface area contributed by atoms with Crippen molar-refractivity contribution in [3.63, 3.8) is 0 Å². The van der Waals surface area contributed by atoms with Crippen LogP contribution in [0, 0.1) is 5.82 Å². The fourth-order valence-electron chi connectivity index (χ4n) is 3.95. The number of benzene rings is 2. The van der Waals surface area contributed by atoms with Gasteiger partial charge in [0.1, 0.15) is 5.82 Å². The summed E-state index contributed by atoms with van der Waals surface area (Å²) in [6.45, 7) is 7.47. The molecule has 0 bridgehead atoms. The minimum absolute atomic E-state index is 0.0296. The highest BCUT2D eigenvalue weighted by Gasteiger charge is 2.35. The summed E-state index contributed by atoms with van der Waals surface area (Å²) in [4.78, 5) is 43.8. The molecule has 0 atom stereocenters. The van der Waals surface area contributed by atoms with Crippen molar-refractivity contribution in [3.8, 4) is 0 Å². The fraction of sp³-hybridized carbons (Fsp3) is 0.320. The Labute approximate surface area is 197 Å². The predicted octanol–water partition coefficient (Wildman–Crippen LogP) is 4.23. The van der Waals surface area contributed by atoms with E-state index in [0.717, 1.165) is 29.8 Å². The zero-order valence-electron chi connectivity index (χ0n) is 18.7. The summed E-state index contributed by atoms with van der Waals surface area (Å²) in [6, 6.07) is 13.3. The number of carbonyl (C=O) groups is 3. The summed E-state index contributed by atoms with van der Waals surface area (Å²) in [6.07, 6.45) is 1.64. The van der Waals surface area contributed by atoms with Crippen LogP contribution in [0.25, 0.3) is 6.08 Å². The van der Waals surface area contributed by atoms with E-state index in [9.17, 15) is 18.8 Å². The average molecular weight is 468 g/mol. The second-order valence-electron chi connectivity index (χ2n) is 8.44. The molecule has 2 fully saturated rings. The quantitative estimate of drug-likeness (QED) is 0.616. The van der Waals surface area contributed by atoms with Gasteiger partial charge in [-0.25, -0.2) is 4.39 Å². The number of amides is 3. The van der Waals surface area contributed by atoms with Crippen molar-refractivity contribution in [2.45, 2.75) is 26.4 Å². The highest BCUT2D eigenvalue weighted by Crippen LogP contribution is 2.33. The molecule has 33 heavy (non-hydrogen) atoms. The maximum Gasteiger partial charge on any atom is 0.293 e. The summed E-state index contributed by atoms with van der Waals surface area (Å²) >= 11 is 0.868. The van der Waals surface area contributed by atoms with Gasteiger partial charge in [-0.1, -0.05) is 24.3 Å². The number of carbonyl (C=O) groups excluding carboxylic acids is 3. The van der Waals surface area contributed by atoms with Crippen molar-refractivity contribution in [1.82, 2.24) is 14.7 Å². The van der Waals surface area contributed by atoms with Crippen molar-refractivity contribution >= 4 is 34.9 Å². The van der Waals surface area contributed by atoms with Crippen LogP contribution in [0.15, 0.2) is 53.4 Å². The molecule has 0 N–H and O–H groups in total. The third-order valence-corrected chi connectivity index (χ3v) is 6.80. The van der Waals surface area contributed by atoms with Gasteiger partial charge in [0.25, 0.3) is 17.1 Å². The number of hydrogen-bond acceptors (Lipinski definition) is 5. The number of nitrogens with zero attached hydrogens (tertiary/aromatic N) is 3. The molecule has 3 amide bonds. The SMILES string of the molecule is CC(C)N1CCN(C(=O)c2cccc(C=C3SC(=O)N(Cc4ccc(F)cc4)C3=O)c2)CC1. The van der Waals surface area contributed by atoms with Crippen LogP contribution in [-0.2, 0) is 11.3 Å². The first-order chi connectivity index (χ1) is 15.8. The van der Waals surface area contributed by atoms with Gasteiger partial charge in [-0.15, -0.1) is 0 Å². The lowest BCUT2D eigenvalue weighted by molar-refractivity contribution is -0.123. The van der Waals surface area contributed by atoms with Crippen molar-refractivity contribution < 1.29 is 18.8 Å². The van der Waals surface area contributed by atoms with Crippen LogP contribution in [0.5, 0.6) is 0 Å². The lowest BCUT2D eigenvalue weighted by Gasteiger charge is -2.37. The third-order valence-electron chi connectivity index (χ3n) is 5.89. The van der Waals surface area contributed by atoms with Crippen LogP contribution in [0.1, 0.15) is 35.3 Å². The molecule has 6 nitrogen and oxygen atoms in total. The average Bonchev–Trinajstić information content (AvgIpc) is 3.07. The minimum atomic E-state index is -0.393. The van der Waals surface area contributed by atoms with Crippen LogP contribution >= 0.6 is 11.8 Å². The third kappa shape index (κ3) is 5.34. The Morgan fingerprint density at radius 2 is 1.76 bits per heavy atom. The number of rotatable bonds is 5. The zero-order chi connectivity index (χ0) is 23.5. The van der Waals surface area contributed by atoms with E-state index in [4.69, 9.17) is 0 Å². The van der Waals surface area contributed by atoms with E-state index in [1.807, 2.05) is 4.90 Å². The summed E-state index contributed by atoms with van der Waals surface area (Å²) < 4.78 is 13.1. The monoisotopic (exact) mass is 467 g/mol. The first-order valence-corrected chi connectivity index (χ1v) is 11.8. The lowest BCUT2D eigenvalue weighted by atomic mass is 10.1. The Hall–Kier alpha value is -2.97. The van der Waals surface area contributed by atoms with Crippen molar-refractivity contribution in [3.05, 3.63) is 75.9 Å². The van der Waals surface area contributed by atoms with E-state index in [0.29, 0.717) is 40.7 Å². The second-order valence-corrected chi connectivity index (χ2v) is 9.43. The van der Waals surface area contributed by atoms with Gasteiger partial charge in [-0.3, -0.25) is 24.2 Å². The molecule has 0 radical (unpaired) electrons. The predicted molar refractivity (Wildman–Crippen MR) is 127 cm³/mol. The number of hydrogen-bond donors (Lipinski definition) is 0. The smallest absolute Gasteiger partial charge is 0.293 e. The molecule has 2 aliphatic rings. The molecule has 2 saturated heterocycles. The Morgan fingerprint density at radius 3 is 2.42 bits per heavy atom. The van der Waals surface area contributed by atoms with Gasteiger partial charge in [0, 0.05) is 37.8 Å². The van der Waals surface area contributed by atoms with Crippen molar-refractivity contribution in [2.75, 3.05) is 26.2 Å². The van der Waals surface area contributed by atoms with Crippen LogP contribution < -0.4 is 0 Å². The lowest BCUT2D eigenvalue weighted by Crippen LogP contribution is -2.50. The molecule has 172 valence electrons. The topological polar surface area (TPSA) is 60.9 Å². The standard InChI is InChI=1S/C25H26FN3O3S/c1-17(2)27-10-12-28(13-11-27)23(30)20-5-3-4-19(14-20)15-22-24(31)29(25(32)33-22)16-18-6-8-21(26)9-7-18/h3-9,14-15,17H,10-13,16H2,1-2H3. The molecule has 2 aromatic carbocycles. The van der Waals surface area contributed by atoms with Gasteiger partial charge in [0.2, 0.25) is 0 Å². The molecule has 0 saturated carbocycles. The molecule has 0 aliphatic carbocycles. The fourth-order valence-corrected chi connectivity index (χ4v) is 4.78. The minimum Gasteiger partial charge on any atom is -0.336 e. The van der Waals surface area contributed by atoms with Crippen molar-refractivity contribution in [1.29, 1.82) is 0 Å². The van der Waals surface area contributed by atoms with Gasteiger partial charge in [-0.05, 0) is 67.1 Å². The molecular weight excluding hydrogens is 441 g/mol. The summed E-state index contributed by atoms with van der Waals surface area (Å²) in [7, 11) is 0. The summed E-state index contributed by atoms with van der Waals surface area (Å²) in [5.74, 6) is -0.794. The van der Waals surface area contributed by atoms with Gasteiger partial charge in [-0.2, -0.15) is 0 Å². The van der Waals surface area contributed by atoms with E-state index in [2.05, 4.69) is 18.7 Å². The molecule has 4 rings (SSSR count). The second kappa shape index (κ2) is 9.89. The molecule has 0 unspecified atom stereocenters.